The lowest BCUT2D eigenvalue weighted by Gasteiger charge is -2.34. The average Bonchev–Trinajstić information content (AvgIpc) is 3.82. The van der Waals surface area contributed by atoms with Crippen LogP contribution in [-0.2, 0) is 36.8 Å². The first-order valence-electron chi connectivity index (χ1n) is 18.8. The Morgan fingerprint density at radius 1 is 0.623 bits per heavy atom. The molecule has 2 aromatic rings. The highest BCUT2D eigenvalue weighted by Crippen LogP contribution is 2.31. The molecule has 6 amide bonds. The Morgan fingerprint density at radius 3 is 1.23 bits per heavy atom. The summed E-state index contributed by atoms with van der Waals surface area (Å²) < 4.78 is 55.0. The van der Waals surface area contributed by atoms with Crippen LogP contribution in [0.4, 0.5) is 43.7 Å². The summed E-state index contributed by atoms with van der Waals surface area (Å²) in [5, 5.41) is 12.9. The number of aliphatic carboxylic acids is 1. The van der Waals surface area contributed by atoms with Gasteiger partial charge < -0.3 is 77.2 Å². The van der Waals surface area contributed by atoms with E-state index in [4.69, 9.17) is 51.8 Å². The Hall–Kier alpha value is -6.76. The van der Waals surface area contributed by atoms with Crippen LogP contribution in [0.1, 0.15) is 11.1 Å². The third-order valence-corrected chi connectivity index (χ3v) is 9.64. The Kier molecular flexibility index (Phi) is 15.2. The van der Waals surface area contributed by atoms with Crippen molar-refractivity contribution in [1.82, 2.24) is 30.2 Å². The molecule has 332 valence electrons. The number of halogens is 3. The molecule has 4 aliphatic heterocycles. The van der Waals surface area contributed by atoms with Gasteiger partial charge >= 0.3 is 36.4 Å². The number of aliphatic imine (C=N–C) groups is 2. The average molecular weight is 865 g/mol. The minimum absolute atomic E-state index is 0.0329. The number of carbonyl (C=O) groups excluding carboxylic acids is 4. The van der Waals surface area contributed by atoms with E-state index in [1.165, 1.54) is 0 Å². The number of alkyl halides is 3. The van der Waals surface area contributed by atoms with Crippen LogP contribution in [0.3, 0.4) is 0 Å². The van der Waals surface area contributed by atoms with Crippen molar-refractivity contribution in [3.63, 3.8) is 0 Å². The molecule has 0 aromatic heterocycles. The van der Waals surface area contributed by atoms with Gasteiger partial charge in [-0.1, -0.05) is 24.3 Å². The highest BCUT2D eigenvalue weighted by Gasteiger charge is 2.52. The number of piperazine rings is 2. The third-order valence-electron chi connectivity index (χ3n) is 9.64. The zero-order valence-corrected chi connectivity index (χ0v) is 32.7. The maximum atomic E-state index is 13.0. The number of carboxylic acid groups (broad SMARTS) is 1. The molecule has 4 fully saturated rings. The number of nitrogens with one attached hydrogen (secondary N) is 2. The van der Waals surface area contributed by atoms with Gasteiger partial charge in [-0.05, 0) is 35.4 Å². The molecule has 4 saturated heterocycles. The van der Waals surface area contributed by atoms with Gasteiger partial charge in [0, 0.05) is 65.4 Å². The molecule has 11 N–H and O–H groups in total. The third kappa shape index (κ3) is 13.1. The number of ether oxygens (including phenoxy) is 4. The Bertz CT molecular complexity index is 1790. The Balaban J connectivity index is 0.000000925. The number of guanidine groups is 2. The maximum absolute atomic E-state index is 13.0. The van der Waals surface area contributed by atoms with Crippen molar-refractivity contribution < 1.29 is 61.2 Å². The van der Waals surface area contributed by atoms with Crippen molar-refractivity contribution in [3.05, 3.63) is 59.7 Å². The number of hydrogen-bond acceptors (Lipinski definition) is 11. The largest absolute Gasteiger partial charge is 0.490 e. The fourth-order valence-electron chi connectivity index (χ4n) is 6.48. The lowest BCUT2D eigenvalue weighted by Crippen LogP contribution is -2.54. The molecule has 0 bridgehead atoms. The molecule has 4 atom stereocenters. The van der Waals surface area contributed by atoms with E-state index in [-0.39, 0.29) is 37.2 Å². The lowest BCUT2D eigenvalue weighted by molar-refractivity contribution is -0.192. The molecule has 0 aliphatic carbocycles. The van der Waals surface area contributed by atoms with Gasteiger partial charge in [0.25, 0.3) is 0 Å². The fourth-order valence-corrected chi connectivity index (χ4v) is 6.48. The van der Waals surface area contributed by atoms with E-state index in [0.29, 0.717) is 76.8 Å². The normalized spacial score (nSPS) is 20.9. The zero-order valence-electron chi connectivity index (χ0n) is 32.7. The van der Waals surface area contributed by atoms with E-state index in [9.17, 15) is 32.3 Å². The van der Waals surface area contributed by atoms with Crippen LogP contribution >= 0.6 is 0 Å². The van der Waals surface area contributed by atoms with Gasteiger partial charge in [0.2, 0.25) is 0 Å². The molecule has 0 spiro atoms. The number of rotatable bonds is 8. The molecular weight excluding hydrogens is 817 g/mol. The Morgan fingerprint density at radius 2 is 0.934 bits per heavy atom. The molecular formula is C36H47F3N12O10. The first-order chi connectivity index (χ1) is 29.0. The number of amides is 6. The van der Waals surface area contributed by atoms with Gasteiger partial charge in [-0.25, -0.2) is 34.0 Å². The molecule has 25 heteroatoms. The Labute approximate surface area is 346 Å². The van der Waals surface area contributed by atoms with Crippen LogP contribution < -0.4 is 33.6 Å². The summed E-state index contributed by atoms with van der Waals surface area (Å²) in [6.07, 6.45) is -8.67. The predicted molar refractivity (Wildman–Crippen MR) is 208 cm³/mol. The molecule has 22 nitrogen and oxygen atoms in total. The van der Waals surface area contributed by atoms with E-state index in [1.54, 1.807) is 43.9 Å². The highest BCUT2D eigenvalue weighted by atomic mass is 19.4. The van der Waals surface area contributed by atoms with Crippen molar-refractivity contribution in [2.24, 2.45) is 32.9 Å². The summed E-state index contributed by atoms with van der Waals surface area (Å²) in [5.41, 5.74) is 24.6. The summed E-state index contributed by atoms with van der Waals surface area (Å²) in [6, 6.07) is 13.8. The summed E-state index contributed by atoms with van der Waals surface area (Å²) in [6.45, 7) is 3.37. The quantitative estimate of drug-likeness (QED) is 0.139. The van der Waals surface area contributed by atoms with Gasteiger partial charge in [0.15, 0.2) is 24.1 Å². The van der Waals surface area contributed by atoms with Crippen LogP contribution in [0.5, 0.6) is 0 Å². The standard InChI is InChI=1S/C34H46N12O8.C2HF3O2/c35-29(36)41-23-5-1-21(2-6-23)17-39-31(47)43-9-13-45(14-10-43)33(49)53-25-19-51-28-26(20-52-27(25)28)54-34(50)46-15-11-44(12-16-46)32(48)40-18-22-3-7-24(8-4-22)42-30(37)38;3-2(4,5)1(6)7/h1-8,25-28H,9-20H2,(H,39,47)(H,40,48)(H4,35,36,41)(H4,37,38,42);(H,6,7)/t25-,26-,27?,28?;/m1./s1. The second kappa shape index (κ2) is 20.5. The number of benzene rings is 2. The van der Waals surface area contributed by atoms with Crippen molar-refractivity contribution in [3.8, 4) is 0 Å². The SMILES string of the molecule is NC(N)=Nc1ccc(CNC(=O)N2CCN(C(=O)O[C@@H]3COC4C3OC[C@H]4OC(=O)N3CCN(C(=O)NCc4ccc(N=C(N)N)cc4)CC3)CC2)cc1.O=C(O)C(F)(F)F. The monoisotopic (exact) mass is 864 g/mol. The van der Waals surface area contributed by atoms with Crippen molar-refractivity contribution in [1.29, 1.82) is 0 Å². The molecule has 0 radical (unpaired) electrons. The summed E-state index contributed by atoms with van der Waals surface area (Å²) in [4.78, 5) is 74.7. The molecule has 4 heterocycles. The fraction of sp³-hybridized carbons (Fsp3) is 0.472. The highest BCUT2D eigenvalue weighted by molar-refractivity contribution is 5.80. The van der Waals surface area contributed by atoms with Crippen LogP contribution in [0, 0.1) is 0 Å². The number of fused-ring (bicyclic) bond motifs is 1. The molecule has 2 unspecified atom stereocenters. The van der Waals surface area contributed by atoms with E-state index < -0.39 is 48.7 Å². The van der Waals surface area contributed by atoms with Gasteiger partial charge in [-0.15, -0.1) is 0 Å². The topological polar surface area (TPSA) is 308 Å². The van der Waals surface area contributed by atoms with Crippen LogP contribution in [0.15, 0.2) is 58.5 Å². The summed E-state index contributed by atoms with van der Waals surface area (Å²) in [7, 11) is 0. The first-order valence-corrected chi connectivity index (χ1v) is 18.8. The number of carboxylic acids is 1. The van der Waals surface area contributed by atoms with E-state index in [1.807, 2.05) is 24.3 Å². The van der Waals surface area contributed by atoms with E-state index >= 15 is 0 Å². The summed E-state index contributed by atoms with van der Waals surface area (Å²) in [5.74, 6) is -2.82. The van der Waals surface area contributed by atoms with Gasteiger partial charge in [0.1, 0.15) is 12.2 Å². The first kappa shape index (κ1) is 45.3. The second-order valence-electron chi connectivity index (χ2n) is 13.9. The molecule has 0 saturated carbocycles. The molecule has 61 heavy (non-hydrogen) atoms. The van der Waals surface area contributed by atoms with E-state index in [2.05, 4.69) is 20.6 Å². The van der Waals surface area contributed by atoms with Crippen LogP contribution in [0.2, 0.25) is 0 Å². The van der Waals surface area contributed by atoms with Crippen molar-refractivity contribution >= 4 is 53.5 Å². The van der Waals surface area contributed by atoms with Crippen molar-refractivity contribution in [2.45, 2.75) is 43.7 Å². The predicted octanol–water partition coefficient (Wildman–Crippen LogP) is 0.292. The smallest absolute Gasteiger partial charge is 0.475 e. The number of nitrogens with zero attached hydrogens (tertiary/aromatic N) is 6. The second-order valence-corrected chi connectivity index (χ2v) is 13.9. The maximum Gasteiger partial charge on any atom is 0.490 e. The summed E-state index contributed by atoms with van der Waals surface area (Å²) >= 11 is 0. The molecule has 6 rings (SSSR count). The van der Waals surface area contributed by atoms with Crippen LogP contribution in [0.25, 0.3) is 0 Å². The zero-order chi connectivity index (χ0) is 44.3. The minimum atomic E-state index is -5.08. The molecule has 2 aromatic carbocycles. The molecule has 4 aliphatic rings. The van der Waals surface area contributed by atoms with Crippen LogP contribution in [-0.4, -0.2) is 163 Å². The minimum Gasteiger partial charge on any atom is -0.475 e. The number of carbonyl (C=O) groups is 5. The number of hydrogen-bond donors (Lipinski definition) is 7. The van der Waals surface area contributed by atoms with Crippen molar-refractivity contribution in [2.75, 3.05) is 65.6 Å². The number of nitrogens with two attached hydrogens (primary N) is 4. The van der Waals surface area contributed by atoms with Gasteiger partial charge in [-0.3, -0.25) is 0 Å². The van der Waals surface area contributed by atoms with Gasteiger partial charge in [0.05, 0.1) is 24.6 Å². The lowest BCUT2D eigenvalue weighted by atomic mass is 10.1. The number of urea groups is 2. The van der Waals surface area contributed by atoms with Gasteiger partial charge in [-0.2, -0.15) is 13.2 Å². The van der Waals surface area contributed by atoms with E-state index in [0.717, 1.165) is 11.1 Å².